The average Bonchev–Trinajstić information content (AvgIpc) is 3.46. The monoisotopic (exact) mass is 439 g/mol. The number of rotatable bonds is 4. The number of fused-ring (bicyclic) bond motifs is 2. The molecular weight excluding hydrogens is 410 g/mol. The van der Waals surface area contributed by atoms with Gasteiger partial charge < -0.3 is 14.4 Å². The molecule has 3 aromatic rings. The Bertz CT molecular complexity index is 1230. The molecule has 0 amide bonds. The molecule has 3 heterocycles. The SMILES string of the molecule is CNN1C(=N)c2cc(-c3ccc(C#N)cc3)cn2Cc2cc(N3CCC(N(C)C)C3)ccc21. The van der Waals surface area contributed by atoms with Crippen molar-refractivity contribution in [1.82, 2.24) is 14.9 Å². The summed E-state index contributed by atoms with van der Waals surface area (Å²) in [7, 11) is 6.16. The number of hydrogen-bond donors (Lipinski definition) is 2. The normalized spacial score (nSPS) is 17.7. The molecule has 0 aliphatic carbocycles. The molecule has 2 aromatic carbocycles. The number of aromatic nitrogens is 1. The molecule has 1 aromatic heterocycles. The van der Waals surface area contributed by atoms with Crippen LogP contribution in [0.5, 0.6) is 0 Å². The first kappa shape index (κ1) is 21.3. The van der Waals surface area contributed by atoms with E-state index in [4.69, 9.17) is 10.7 Å². The highest BCUT2D eigenvalue weighted by Crippen LogP contribution is 2.34. The number of anilines is 2. The lowest BCUT2D eigenvalue weighted by Gasteiger charge is -2.26. The van der Waals surface area contributed by atoms with E-state index in [1.807, 2.05) is 36.3 Å². The van der Waals surface area contributed by atoms with E-state index in [1.165, 1.54) is 17.7 Å². The van der Waals surface area contributed by atoms with Gasteiger partial charge in [-0.25, -0.2) is 5.43 Å². The van der Waals surface area contributed by atoms with Crippen molar-refractivity contribution in [2.45, 2.75) is 19.0 Å². The van der Waals surface area contributed by atoms with Gasteiger partial charge in [0.2, 0.25) is 0 Å². The maximum absolute atomic E-state index is 9.09. The highest BCUT2D eigenvalue weighted by molar-refractivity contribution is 6.08. The number of likely N-dealkylation sites (N-methyl/N-ethyl adjacent to an activating group) is 1. The van der Waals surface area contributed by atoms with E-state index in [9.17, 15) is 0 Å². The van der Waals surface area contributed by atoms with Crippen LogP contribution in [0.3, 0.4) is 0 Å². The summed E-state index contributed by atoms with van der Waals surface area (Å²) in [4.78, 5) is 4.77. The first-order valence-corrected chi connectivity index (χ1v) is 11.3. The van der Waals surface area contributed by atoms with Crippen LogP contribution in [0.15, 0.2) is 54.7 Å². The van der Waals surface area contributed by atoms with Gasteiger partial charge in [-0.3, -0.25) is 10.4 Å². The zero-order valence-electron chi connectivity index (χ0n) is 19.3. The smallest absolute Gasteiger partial charge is 0.164 e. The van der Waals surface area contributed by atoms with E-state index >= 15 is 0 Å². The van der Waals surface area contributed by atoms with Crippen molar-refractivity contribution >= 4 is 17.2 Å². The van der Waals surface area contributed by atoms with Gasteiger partial charge in [-0.05, 0) is 68.0 Å². The second-order valence-corrected chi connectivity index (χ2v) is 9.00. The highest BCUT2D eigenvalue weighted by atomic mass is 15.5. The number of benzene rings is 2. The molecule has 0 saturated carbocycles. The van der Waals surface area contributed by atoms with E-state index in [2.05, 4.69) is 70.4 Å². The Morgan fingerprint density at radius 3 is 2.55 bits per heavy atom. The predicted octanol–water partition coefficient (Wildman–Crippen LogP) is 3.50. The molecule has 168 valence electrons. The van der Waals surface area contributed by atoms with Crippen molar-refractivity contribution in [1.29, 1.82) is 10.7 Å². The van der Waals surface area contributed by atoms with Crippen molar-refractivity contribution in [3.8, 4) is 17.2 Å². The Hall–Kier alpha value is -3.60. The summed E-state index contributed by atoms with van der Waals surface area (Å²) in [6.07, 6.45) is 3.28. The number of nitriles is 1. The van der Waals surface area contributed by atoms with Crippen LogP contribution in [-0.4, -0.2) is 55.6 Å². The first-order valence-electron chi connectivity index (χ1n) is 11.3. The molecule has 1 atom stereocenters. The molecular formula is C26H29N7. The van der Waals surface area contributed by atoms with Gasteiger partial charge in [-0.1, -0.05) is 12.1 Å². The lowest BCUT2D eigenvalue weighted by atomic mass is 10.1. The Kier molecular flexibility index (Phi) is 5.41. The molecule has 2 N–H and O–H groups in total. The van der Waals surface area contributed by atoms with Crippen LogP contribution < -0.4 is 15.3 Å². The van der Waals surface area contributed by atoms with Gasteiger partial charge in [0.1, 0.15) is 0 Å². The quantitative estimate of drug-likeness (QED) is 0.651. The van der Waals surface area contributed by atoms with E-state index in [0.29, 0.717) is 24.0 Å². The number of hydrogen-bond acceptors (Lipinski definition) is 5. The van der Waals surface area contributed by atoms with Gasteiger partial charge in [0, 0.05) is 50.2 Å². The van der Waals surface area contributed by atoms with Gasteiger partial charge in [0.05, 0.1) is 23.0 Å². The fourth-order valence-electron chi connectivity index (χ4n) is 4.90. The van der Waals surface area contributed by atoms with Gasteiger partial charge in [-0.2, -0.15) is 5.26 Å². The third kappa shape index (κ3) is 3.78. The van der Waals surface area contributed by atoms with Gasteiger partial charge in [0.15, 0.2) is 5.84 Å². The second-order valence-electron chi connectivity index (χ2n) is 9.00. The molecule has 0 radical (unpaired) electrons. The summed E-state index contributed by atoms with van der Waals surface area (Å²) in [5.74, 6) is 0.415. The average molecular weight is 440 g/mol. The first-order chi connectivity index (χ1) is 16.0. The van der Waals surface area contributed by atoms with E-state index in [1.54, 1.807) is 0 Å². The minimum Gasteiger partial charge on any atom is -0.370 e. The van der Waals surface area contributed by atoms with E-state index < -0.39 is 0 Å². The molecule has 2 aliphatic rings. The molecule has 0 spiro atoms. The largest absolute Gasteiger partial charge is 0.370 e. The molecule has 33 heavy (non-hydrogen) atoms. The van der Waals surface area contributed by atoms with Gasteiger partial charge in [-0.15, -0.1) is 0 Å². The molecule has 1 fully saturated rings. The third-order valence-corrected chi connectivity index (χ3v) is 6.84. The minimum atomic E-state index is 0.415. The number of nitrogens with one attached hydrogen (secondary N) is 2. The van der Waals surface area contributed by atoms with Crippen LogP contribution in [-0.2, 0) is 6.54 Å². The topological polar surface area (TPSA) is 74.3 Å². The standard InChI is InChI=1S/C26H29N7/c1-29-33-24-9-8-22(31-11-10-23(17-31)30(2)3)12-21(24)16-32-15-20(13-25(32)26(33)28)19-6-4-18(14-27)5-7-19/h4-9,12-13,15,23,28-29H,10-11,16-17H2,1-3H3. The highest BCUT2D eigenvalue weighted by Gasteiger charge is 2.28. The summed E-state index contributed by atoms with van der Waals surface area (Å²) >= 11 is 0. The fraction of sp³-hybridized carbons (Fsp3) is 0.308. The third-order valence-electron chi connectivity index (χ3n) is 6.84. The van der Waals surface area contributed by atoms with Crippen LogP contribution in [0, 0.1) is 16.7 Å². The summed E-state index contributed by atoms with van der Waals surface area (Å²) < 4.78 is 2.16. The van der Waals surface area contributed by atoms with Crippen molar-refractivity contribution < 1.29 is 0 Å². The van der Waals surface area contributed by atoms with E-state index in [-0.39, 0.29) is 0 Å². The van der Waals surface area contributed by atoms with Crippen LogP contribution in [0.1, 0.15) is 23.2 Å². The van der Waals surface area contributed by atoms with E-state index in [0.717, 1.165) is 35.6 Å². The summed E-state index contributed by atoms with van der Waals surface area (Å²) in [5.41, 5.74) is 10.2. The Morgan fingerprint density at radius 2 is 1.88 bits per heavy atom. The number of nitrogens with zero attached hydrogens (tertiary/aromatic N) is 5. The predicted molar refractivity (Wildman–Crippen MR) is 133 cm³/mol. The lowest BCUT2D eigenvalue weighted by Crippen LogP contribution is -2.41. The molecule has 1 saturated heterocycles. The molecule has 0 bridgehead atoms. The molecule has 7 nitrogen and oxygen atoms in total. The fourth-order valence-corrected chi connectivity index (χ4v) is 4.90. The Balaban J connectivity index is 1.51. The lowest BCUT2D eigenvalue weighted by molar-refractivity contribution is 0.315. The van der Waals surface area contributed by atoms with Crippen molar-refractivity contribution in [3.05, 3.63) is 71.5 Å². The maximum Gasteiger partial charge on any atom is 0.164 e. The molecule has 5 rings (SSSR count). The Morgan fingerprint density at radius 1 is 1.09 bits per heavy atom. The van der Waals surface area contributed by atoms with Crippen LogP contribution >= 0.6 is 0 Å². The zero-order chi connectivity index (χ0) is 23.1. The van der Waals surface area contributed by atoms with Crippen molar-refractivity contribution in [2.75, 3.05) is 44.1 Å². The van der Waals surface area contributed by atoms with Crippen LogP contribution in [0.25, 0.3) is 11.1 Å². The molecule has 2 aliphatic heterocycles. The number of hydrazine groups is 1. The minimum absolute atomic E-state index is 0.415. The summed E-state index contributed by atoms with van der Waals surface area (Å²) in [5, 5.41) is 19.9. The van der Waals surface area contributed by atoms with Crippen LogP contribution in [0.2, 0.25) is 0 Å². The second kappa shape index (κ2) is 8.39. The summed E-state index contributed by atoms with van der Waals surface area (Å²) in [6.45, 7) is 2.79. The maximum atomic E-state index is 9.09. The van der Waals surface area contributed by atoms with Gasteiger partial charge in [0.25, 0.3) is 0 Å². The van der Waals surface area contributed by atoms with Crippen molar-refractivity contribution in [3.63, 3.8) is 0 Å². The molecule has 7 heteroatoms. The number of amidine groups is 1. The molecule has 1 unspecified atom stereocenters. The van der Waals surface area contributed by atoms with Gasteiger partial charge >= 0.3 is 0 Å². The zero-order valence-corrected chi connectivity index (χ0v) is 19.3. The summed E-state index contributed by atoms with van der Waals surface area (Å²) in [6, 6.07) is 19.0. The van der Waals surface area contributed by atoms with Crippen molar-refractivity contribution in [2.24, 2.45) is 0 Å². The van der Waals surface area contributed by atoms with Crippen LogP contribution in [0.4, 0.5) is 11.4 Å². The Labute approximate surface area is 194 Å².